The molecular formula is C36H31NO. The average Bonchev–Trinajstić information content (AvgIpc) is 3.31. The van der Waals surface area contributed by atoms with E-state index in [4.69, 9.17) is 4.42 Å². The summed E-state index contributed by atoms with van der Waals surface area (Å²) in [4.78, 5) is 2.35. The summed E-state index contributed by atoms with van der Waals surface area (Å²) in [5.74, 6) is 0. The van der Waals surface area contributed by atoms with Gasteiger partial charge in [-0.1, -0.05) is 88.4 Å². The molecular weight excluding hydrogens is 462 g/mol. The van der Waals surface area contributed by atoms with Gasteiger partial charge in [0.25, 0.3) is 0 Å². The molecule has 0 amide bonds. The lowest BCUT2D eigenvalue weighted by atomic mass is 9.55. The Morgan fingerprint density at radius 3 is 1.71 bits per heavy atom. The third-order valence-electron chi connectivity index (χ3n) is 9.01. The Hall–Kier alpha value is -4.30. The van der Waals surface area contributed by atoms with Crippen LogP contribution in [0, 0.1) is 0 Å². The zero-order valence-electron chi connectivity index (χ0n) is 22.3. The van der Waals surface area contributed by atoms with E-state index in [0.717, 1.165) is 22.5 Å². The van der Waals surface area contributed by atoms with Crippen molar-refractivity contribution in [2.24, 2.45) is 0 Å². The van der Waals surface area contributed by atoms with Crippen molar-refractivity contribution in [2.45, 2.75) is 38.5 Å². The number of furan rings is 1. The Bertz CT molecular complexity index is 1770. The smallest absolute Gasteiger partial charge is 0.135 e. The molecule has 0 aliphatic heterocycles. The Balaban J connectivity index is 1.49. The van der Waals surface area contributed by atoms with Gasteiger partial charge in [-0.25, -0.2) is 0 Å². The van der Waals surface area contributed by atoms with Gasteiger partial charge >= 0.3 is 0 Å². The number of benzene rings is 5. The minimum atomic E-state index is -0.107. The predicted octanol–water partition coefficient (Wildman–Crippen LogP) is 10.3. The first kappa shape index (κ1) is 22.9. The predicted molar refractivity (Wildman–Crippen MR) is 160 cm³/mol. The molecule has 2 nitrogen and oxygen atoms in total. The van der Waals surface area contributed by atoms with Crippen LogP contribution in [0.4, 0.5) is 17.1 Å². The maximum Gasteiger partial charge on any atom is 0.135 e. The van der Waals surface area contributed by atoms with Crippen LogP contribution in [-0.4, -0.2) is 0 Å². The summed E-state index contributed by atoms with van der Waals surface area (Å²) < 4.78 is 6.31. The molecule has 0 N–H and O–H groups in total. The second-order valence-corrected chi connectivity index (χ2v) is 11.5. The molecule has 7 rings (SSSR count). The first-order valence-corrected chi connectivity index (χ1v) is 13.4. The van der Waals surface area contributed by atoms with Crippen LogP contribution in [0.5, 0.6) is 0 Å². The first-order chi connectivity index (χ1) is 18.4. The zero-order valence-corrected chi connectivity index (χ0v) is 22.3. The molecule has 38 heavy (non-hydrogen) atoms. The van der Waals surface area contributed by atoms with Crippen molar-refractivity contribution in [1.82, 2.24) is 0 Å². The Morgan fingerprint density at radius 1 is 0.474 bits per heavy atom. The van der Waals surface area contributed by atoms with E-state index in [0.29, 0.717) is 0 Å². The SMILES string of the molecule is CC1(C)c2cc(N(c3ccccc3)c3ccccc3)ccc2-c2cc3c(cc2C1(C)C)oc1ccccc13. The molecule has 0 unspecified atom stereocenters. The van der Waals surface area contributed by atoms with Gasteiger partial charge in [0.2, 0.25) is 0 Å². The van der Waals surface area contributed by atoms with Crippen LogP contribution in [-0.2, 0) is 10.8 Å². The van der Waals surface area contributed by atoms with Gasteiger partial charge in [-0.05, 0) is 87.7 Å². The summed E-state index contributed by atoms with van der Waals surface area (Å²) in [5, 5.41) is 2.35. The third kappa shape index (κ3) is 3.20. The molecule has 0 saturated heterocycles. The molecule has 2 heteroatoms. The lowest BCUT2D eigenvalue weighted by Crippen LogP contribution is -2.43. The highest BCUT2D eigenvalue weighted by Crippen LogP contribution is 2.56. The van der Waals surface area contributed by atoms with Gasteiger partial charge < -0.3 is 9.32 Å². The summed E-state index contributed by atoms with van der Waals surface area (Å²) in [6.07, 6.45) is 0. The summed E-state index contributed by atoms with van der Waals surface area (Å²) in [6.45, 7) is 9.53. The quantitative estimate of drug-likeness (QED) is 0.244. The van der Waals surface area contributed by atoms with Crippen molar-refractivity contribution >= 4 is 39.0 Å². The van der Waals surface area contributed by atoms with E-state index in [9.17, 15) is 0 Å². The standard InChI is InChI=1S/C36H31NO/c1-35(2)31-21-26(37(24-13-7-5-8-14-24)25-15-9-6-10-16-25)19-20-27(31)29-22-30-28-17-11-12-18-33(28)38-34(30)23-32(29)36(35,3)4/h5-23H,1-4H3. The summed E-state index contributed by atoms with van der Waals surface area (Å²) in [5.41, 5.74) is 10.5. The highest BCUT2D eigenvalue weighted by Gasteiger charge is 2.46. The van der Waals surface area contributed by atoms with E-state index >= 15 is 0 Å². The van der Waals surface area contributed by atoms with E-state index in [1.165, 1.54) is 38.7 Å². The molecule has 1 aliphatic rings. The van der Waals surface area contributed by atoms with Gasteiger partial charge in [0.05, 0.1) is 0 Å². The molecule has 5 aromatic carbocycles. The van der Waals surface area contributed by atoms with Crippen LogP contribution in [0.25, 0.3) is 33.1 Å². The van der Waals surface area contributed by atoms with Crippen LogP contribution < -0.4 is 4.90 Å². The number of hydrogen-bond acceptors (Lipinski definition) is 2. The molecule has 0 atom stereocenters. The zero-order chi connectivity index (χ0) is 26.1. The summed E-state index contributed by atoms with van der Waals surface area (Å²) >= 11 is 0. The van der Waals surface area contributed by atoms with Crippen molar-refractivity contribution in [2.75, 3.05) is 4.90 Å². The lowest BCUT2D eigenvalue weighted by molar-refractivity contribution is 0.299. The fourth-order valence-electron chi connectivity index (χ4n) is 6.21. The van der Waals surface area contributed by atoms with E-state index in [-0.39, 0.29) is 10.8 Å². The van der Waals surface area contributed by atoms with Crippen LogP contribution in [0.2, 0.25) is 0 Å². The molecule has 0 fully saturated rings. The molecule has 0 bridgehead atoms. The fraction of sp³-hybridized carbons (Fsp3) is 0.167. The lowest BCUT2D eigenvalue weighted by Gasteiger charge is -2.48. The Labute approximate surface area is 224 Å². The molecule has 0 saturated carbocycles. The number of hydrogen-bond donors (Lipinski definition) is 0. The monoisotopic (exact) mass is 493 g/mol. The average molecular weight is 494 g/mol. The molecule has 6 aromatic rings. The highest BCUT2D eigenvalue weighted by atomic mass is 16.3. The highest BCUT2D eigenvalue weighted by molar-refractivity contribution is 6.07. The molecule has 0 spiro atoms. The molecule has 1 heterocycles. The van der Waals surface area contributed by atoms with Crippen molar-refractivity contribution in [3.8, 4) is 11.1 Å². The number of rotatable bonds is 3. The van der Waals surface area contributed by atoms with Gasteiger partial charge in [0.15, 0.2) is 0 Å². The summed E-state index contributed by atoms with van der Waals surface area (Å²) in [7, 11) is 0. The second-order valence-electron chi connectivity index (χ2n) is 11.5. The number of nitrogens with zero attached hydrogens (tertiary/aromatic N) is 1. The van der Waals surface area contributed by atoms with E-state index in [1.54, 1.807) is 0 Å². The number of anilines is 3. The normalized spacial score (nSPS) is 15.3. The topological polar surface area (TPSA) is 16.4 Å². The fourth-order valence-corrected chi connectivity index (χ4v) is 6.21. The molecule has 0 radical (unpaired) electrons. The van der Waals surface area contributed by atoms with Gasteiger partial charge in [0, 0.05) is 27.8 Å². The van der Waals surface area contributed by atoms with Crippen LogP contribution in [0.3, 0.4) is 0 Å². The van der Waals surface area contributed by atoms with Gasteiger partial charge in [-0.3, -0.25) is 0 Å². The number of para-hydroxylation sites is 3. The minimum absolute atomic E-state index is 0.106. The van der Waals surface area contributed by atoms with E-state index in [1.807, 2.05) is 6.07 Å². The van der Waals surface area contributed by atoms with Crippen LogP contribution in [0.15, 0.2) is 120 Å². The van der Waals surface area contributed by atoms with Crippen molar-refractivity contribution in [3.63, 3.8) is 0 Å². The minimum Gasteiger partial charge on any atom is -0.456 e. The Kier molecular flexibility index (Phi) is 4.87. The largest absolute Gasteiger partial charge is 0.456 e. The Morgan fingerprint density at radius 2 is 1.05 bits per heavy atom. The maximum atomic E-state index is 6.31. The van der Waals surface area contributed by atoms with Crippen molar-refractivity contribution < 1.29 is 4.42 Å². The van der Waals surface area contributed by atoms with E-state index in [2.05, 4.69) is 142 Å². The molecule has 1 aliphatic carbocycles. The first-order valence-electron chi connectivity index (χ1n) is 13.4. The summed E-state index contributed by atoms with van der Waals surface area (Å²) in [6, 6.07) is 41.3. The van der Waals surface area contributed by atoms with Gasteiger partial charge in [-0.2, -0.15) is 0 Å². The van der Waals surface area contributed by atoms with Crippen molar-refractivity contribution in [3.05, 3.63) is 126 Å². The number of fused-ring (bicyclic) bond motifs is 6. The second kappa shape index (κ2) is 8.10. The maximum absolute atomic E-state index is 6.31. The van der Waals surface area contributed by atoms with Gasteiger partial charge in [-0.15, -0.1) is 0 Å². The molecule has 1 aromatic heterocycles. The van der Waals surface area contributed by atoms with Crippen molar-refractivity contribution in [1.29, 1.82) is 0 Å². The van der Waals surface area contributed by atoms with Crippen LogP contribution in [0.1, 0.15) is 38.8 Å². The van der Waals surface area contributed by atoms with E-state index < -0.39 is 0 Å². The van der Waals surface area contributed by atoms with Gasteiger partial charge in [0.1, 0.15) is 11.2 Å². The molecule has 186 valence electrons. The third-order valence-corrected chi connectivity index (χ3v) is 9.01. The van der Waals surface area contributed by atoms with Crippen LogP contribution >= 0.6 is 0 Å².